The van der Waals surface area contributed by atoms with Crippen molar-refractivity contribution in [1.29, 1.82) is 0 Å². The third-order valence-electron chi connectivity index (χ3n) is 2.06. The molecule has 1 aliphatic rings. The molecule has 0 radical (unpaired) electrons. The number of halogens is 1. The highest BCUT2D eigenvalue weighted by molar-refractivity contribution is 5.85. The van der Waals surface area contributed by atoms with Crippen molar-refractivity contribution >= 4 is 18.4 Å². The van der Waals surface area contributed by atoms with Crippen LogP contribution in [-0.4, -0.2) is 48.2 Å². The Balaban J connectivity index is 0.00000121. The lowest BCUT2D eigenvalue weighted by atomic mass is 10.2. The summed E-state index contributed by atoms with van der Waals surface area (Å²) < 4.78 is 0. The van der Waals surface area contributed by atoms with E-state index in [-0.39, 0.29) is 18.4 Å². The Morgan fingerprint density at radius 1 is 1.50 bits per heavy atom. The third kappa shape index (κ3) is 2.97. The number of carbonyl (C=O) groups is 1. The summed E-state index contributed by atoms with van der Waals surface area (Å²) in [5.41, 5.74) is 0. The lowest BCUT2D eigenvalue weighted by Crippen LogP contribution is -2.49. The van der Waals surface area contributed by atoms with Gasteiger partial charge in [-0.25, -0.2) is 0 Å². The van der Waals surface area contributed by atoms with E-state index >= 15 is 0 Å². The number of nitrogens with zero attached hydrogens (tertiary/aromatic N) is 1. The van der Waals surface area contributed by atoms with Gasteiger partial charge in [0.25, 0.3) is 0 Å². The standard InChI is InChI=1S/C7H14N2O2.ClH/c1-6(7(10)11)9-4-2-8-3-5-9;/h6,8H,2-5H2,1H3,(H,10,11);1H. The number of carboxylic acids is 1. The van der Waals surface area contributed by atoms with Crippen LogP contribution in [0.5, 0.6) is 0 Å². The number of aliphatic carboxylic acids is 1. The first-order chi connectivity index (χ1) is 5.22. The van der Waals surface area contributed by atoms with E-state index in [0.29, 0.717) is 0 Å². The van der Waals surface area contributed by atoms with E-state index in [1.165, 1.54) is 0 Å². The first-order valence-electron chi connectivity index (χ1n) is 3.89. The molecule has 0 bridgehead atoms. The Morgan fingerprint density at radius 2 is 2.00 bits per heavy atom. The van der Waals surface area contributed by atoms with E-state index in [0.717, 1.165) is 26.2 Å². The van der Waals surface area contributed by atoms with Gasteiger partial charge >= 0.3 is 5.97 Å². The van der Waals surface area contributed by atoms with Crippen molar-refractivity contribution in [3.63, 3.8) is 0 Å². The zero-order chi connectivity index (χ0) is 8.27. The molecular formula is C7H15ClN2O2. The fourth-order valence-corrected chi connectivity index (χ4v) is 1.23. The summed E-state index contributed by atoms with van der Waals surface area (Å²) in [6.07, 6.45) is 0. The van der Waals surface area contributed by atoms with Gasteiger partial charge in [0.15, 0.2) is 0 Å². The molecule has 12 heavy (non-hydrogen) atoms. The highest BCUT2D eigenvalue weighted by Crippen LogP contribution is 1.99. The van der Waals surface area contributed by atoms with Gasteiger partial charge in [-0.1, -0.05) is 0 Å². The van der Waals surface area contributed by atoms with Gasteiger partial charge in [0.05, 0.1) is 0 Å². The summed E-state index contributed by atoms with van der Waals surface area (Å²) in [6, 6.07) is -0.336. The van der Waals surface area contributed by atoms with Gasteiger partial charge in [-0.3, -0.25) is 9.69 Å². The number of nitrogens with one attached hydrogen (secondary N) is 1. The molecule has 0 aromatic carbocycles. The molecule has 72 valence electrons. The van der Waals surface area contributed by atoms with Crippen molar-refractivity contribution in [2.75, 3.05) is 26.2 Å². The highest BCUT2D eigenvalue weighted by atomic mass is 35.5. The second-order valence-corrected chi connectivity index (χ2v) is 2.80. The zero-order valence-electron chi connectivity index (χ0n) is 7.12. The van der Waals surface area contributed by atoms with E-state index < -0.39 is 5.97 Å². The maximum absolute atomic E-state index is 10.5. The average molecular weight is 195 g/mol. The molecule has 4 nitrogen and oxygen atoms in total. The summed E-state index contributed by atoms with van der Waals surface area (Å²) in [5.74, 6) is -0.730. The van der Waals surface area contributed by atoms with Crippen LogP contribution in [0, 0.1) is 0 Å². The minimum atomic E-state index is -0.730. The molecule has 5 heteroatoms. The summed E-state index contributed by atoms with van der Waals surface area (Å²) in [5, 5.41) is 11.8. The molecule has 0 aromatic heterocycles. The molecule has 1 fully saturated rings. The molecule has 0 spiro atoms. The first kappa shape index (κ1) is 11.7. The van der Waals surface area contributed by atoms with Gasteiger partial charge in [-0.05, 0) is 6.92 Å². The van der Waals surface area contributed by atoms with Crippen LogP contribution in [0.3, 0.4) is 0 Å². The molecule has 1 aliphatic heterocycles. The summed E-state index contributed by atoms with van der Waals surface area (Å²) in [4.78, 5) is 12.5. The van der Waals surface area contributed by atoms with Crippen LogP contribution in [0.15, 0.2) is 0 Å². The van der Waals surface area contributed by atoms with Gasteiger partial charge in [0.1, 0.15) is 6.04 Å². The van der Waals surface area contributed by atoms with Crippen molar-refractivity contribution in [3.05, 3.63) is 0 Å². The van der Waals surface area contributed by atoms with E-state index in [1.54, 1.807) is 6.92 Å². The summed E-state index contributed by atoms with van der Waals surface area (Å²) in [7, 11) is 0. The quantitative estimate of drug-likeness (QED) is 0.639. The maximum Gasteiger partial charge on any atom is 0.320 e. The molecule has 0 aliphatic carbocycles. The Morgan fingerprint density at radius 3 is 2.42 bits per heavy atom. The fraction of sp³-hybridized carbons (Fsp3) is 0.857. The first-order valence-corrected chi connectivity index (χ1v) is 3.89. The number of hydrogen-bond acceptors (Lipinski definition) is 3. The van der Waals surface area contributed by atoms with E-state index in [9.17, 15) is 4.79 Å². The van der Waals surface area contributed by atoms with Crippen molar-refractivity contribution in [1.82, 2.24) is 10.2 Å². The lowest BCUT2D eigenvalue weighted by Gasteiger charge is -2.30. The van der Waals surface area contributed by atoms with Crippen LogP contribution in [0.25, 0.3) is 0 Å². The van der Waals surface area contributed by atoms with Crippen LogP contribution in [0.2, 0.25) is 0 Å². The van der Waals surface area contributed by atoms with Crippen LogP contribution in [0.4, 0.5) is 0 Å². The second kappa shape index (κ2) is 5.35. The summed E-state index contributed by atoms with van der Waals surface area (Å²) >= 11 is 0. The van der Waals surface area contributed by atoms with E-state index in [1.807, 2.05) is 4.90 Å². The smallest absolute Gasteiger partial charge is 0.320 e. The molecule has 0 amide bonds. The Labute approximate surface area is 78.3 Å². The molecule has 1 unspecified atom stereocenters. The predicted octanol–water partition coefficient (Wildman–Crippen LogP) is -0.213. The zero-order valence-corrected chi connectivity index (χ0v) is 7.93. The largest absolute Gasteiger partial charge is 0.480 e. The van der Waals surface area contributed by atoms with Crippen LogP contribution < -0.4 is 5.32 Å². The Bertz CT molecular complexity index is 148. The van der Waals surface area contributed by atoms with Gasteiger partial charge in [-0.2, -0.15) is 0 Å². The monoisotopic (exact) mass is 194 g/mol. The Kier molecular flexibility index (Phi) is 5.20. The lowest BCUT2D eigenvalue weighted by molar-refractivity contribution is -0.142. The minimum Gasteiger partial charge on any atom is -0.480 e. The molecule has 1 heterocycles. The number of hydrogen-bond donors (Lipinski definition) is 2. The molecule has 1 saturated heterocycles. The number of carboxylic acid groups (broad SMARTS) is 1. The average Bonchev–Trinajstić information content (AvgIpc) is 2.05. The van der Waals surface area contributed by atoms with Crippen molar-refractivity contribution in [3.8, 4) is 0 Å². The van der Waals surface area contributed by atoms with E-state index in [4.69, 9.17) is 5.11 Å². The highest BCUT2D eigenvalue weighted by Gasteiger charge is 2.21. The van der Waals surface area contributed by atoms with Gasteiger partial charge < -0.3 is 10.4 Å². The van der Waals surface area contributed by atoms with Gasteiger partial charge in [-0.15, -0.1) is 12.4 Å². The molecule has 0 aromatic rings. The predicted molar refractivity (Wildman–Crippen MR) is 48.8 cm³/mol. The number of piperazine rings is 1. The van der Waals surface area contributed by atoms with Crippen LogP contribution in [0.1, 0.15) is 6.92 Å². The van der Waals surface area contributed by atoms with E-state index in [2.05, 4.69) is 5.32 Å². The van der Waals surface area contributed by atoms with Crippen molar-refractivity contribution in [2.45, 2.75) is 13.0 Å². The van der Waals surface area contributed by atoms with Gasteiger partial charge in [0, 0.05) is 26.2 Å². The van der Waals surface area contributed by atoms with Crippen LogP contribution in [-0.2, 0) is 4.79 Å². The SMILES string of the molecule is CC(C(=O)O)N1CCNCC1.Cl. The molecule has 2 N–H and O–H groups in total. The summed E-state index contributed by atoms with van der Waals surface area (Å²) in [6.45, 7) is 5.21. The van der Waals surface area contributed by atoms with Gasteiger partial charge in [0.2, 0.25) is 0 Å². The third-order valence-corrected chi connectivity index (χ3v) is 2.06. The Hall–Kier alpha value is -0.320. The molecule has 0 saturated carbocycles. The maximum atomic E-state index is 10.5. The fourth-order valence-electron chi connectivity index (χ4n) is 1.23. The molecule has 1 rings (SSSR count). The normalized spacial score (nSPS) is 21.1. The topological polar surface area (TPSA) is 52.6 Å². The molecule has 1 atom stereocenters. The molecular weight excluding hydrogens is 180 g/mol. The van der Waals surface area contributed by atoms with Crippen molar-refractivity contribution in [2.24, 2.45) is 0 Å². The van der Waals surface area contributed by atoms with Crippen molar-refractivity contribution < 1.29 is 9.90 Å². The minimum absolute atomic E-state index is 0. The number of rotatable bonds is 2. The van der Waals surface area contributed by atoms with Crippen LogP contribution >= 0.6 is 12.4 Å². The second-order valence-electron chi connectivity index (χ2n) is 2.80.